The number of hydrogen-bond donors (Lipinski definition) is 0. The Balaban J connectivity index is 0.972. The zero-order valence-corrected chi connectivity index (χ0v) is 28.1. The fourth-order valence-electron chi connectivity index (χ4n) is 7.20. The highest BCUT2D eigenvalue weighted by molar-refractivity contribution is 6.04. The van der Waals surface area contributed by atoms with Crippen molar-refractivity contribution in [1.82, 2.24) is 19.9 Å². The molecule has 10 aromatic rings. The van der Waals surface area contributed by atoms with E-state index < -0.39 is 0 Å². The van der Waals surface area contributed by atoms with Crippen LogP contribution in [-0.4, -0.2) is 19.9 Å². The molecular weight excluding hydrogens is 633 g/mol. The van der Waals surface area contributed by atoms with Crippen LogP contribution in [0.1, 0.15) is 0 Å². The molecule has 0 N–H and O–H groups in total. The Morgan fingerprint density at radius 3 is 1.63 bits per heavy atom. The third kappa shape index (κ3) is 5.34. The molecule has 0 radical (unpaired) electrons. The van der Waals surface area contributed by atoms with E-state index in [1.165, 1.54) is 32.7 Å². The van der Waals surface area contributed by atoms with Gasteiger partial charge in [-0.3, -0.25) is 0 Å². The van der Waals surface area contributed by atoms with E-state index in [0.717, 1.165) is 61.0 Å². The Morgan fingerprint density at radius 2 is 0.865 bits per heavy atom. The summed E-state index contributed by atoms with van der Waals surface area (Å²) in [6.45, 7) is 0. The van der Waals surface area contributed by atoms with Gasteiger partial charge in [0.15, 0.2) is 5.82 Å². The van der Waals surface area contributed by atoms with Crippen molar-refractivity contribution in [1.29, 1.82) is 0 Å². The van der Waals surface area contributed by atoms with E-state index in [4.69, 9.17) is 19.9 Å². The first-order valence-electron chi connectivity index (χ1n) is 17.4. The molecule has 0 unspecified atom stereocenters. The smallest absolute Gasteiger partial charge is 0.159 e. The van der Waals surface area contributed by atoms with Crippen LogP contribution in [-0.2, 0) is 0 Å². The molecule has 0 fully saturated rings. The standard InChI is InChI=1S/C48H30N4/c1-2-9-37-27-38(22-15-31(37)7-1)41-29-49-48(50-30-41)40-12-5-11-39(28-40)45-26-24-36-21-20-35-23-25-44(51-46(35)47(36)52-45)34-18-16-33(17-19-34)43-14-6-10-32-8-3-4-13-42(32)43/h1-30H. The molecule has 10 rings (SSSR count). The number of rotatable bonds is 5. The van der Waals surface area contributed by atoms with Gasteiger partial charge in [-0.05, 0) is 62.5 Å². The minimum Gasteiger partial charge on any atom is -0.245 e. The second kappa shape index (κ2) is 12.4. The van der Waals surface area contributed by atoms with Crippen LogP contribution in [0.3, 0.4) is 0 Å². The van der Waals surface area contributed by atoms with E-state index >= 15 is 0 Å². The highest BCUT2D eigenvalue weighted by Gasteiger charge is 2.12. The molecule has 0 spiro atoms. The molecule has 0 saturated carbocycles. The first-order valence-corrected chi connectivity index (χ1v) is 17.4. The minimum atomic E-state index is 0.676. The van der Waals surface area contributed by atoms with Gasteiger partial charge < -0.3 is 0 Å². The summed E-state index contributed by atoms with van der Waals surface area (Å²) in [4.78, 5) is 19.9. The van der Waals surface area contributed by atoms with Crippen LogP contribution in [0.15, 0.2) is 182 Å². The SMILES string of the molecule is c1cc(-c2ccc3ccc4ccc(-c5ccc(-c6cccc7ccccc67)cc5)nc4c3n2)cc(-c2ncc(-c3ccc4ccccc4c3)cn2)c1. The molecule has 3 aromatic heterocycles. The van der Waals surface area contributed by atoms with Crippen molar-refractivity contribution in [3.05, 3.63) is 182 Å². The van der Waals surface area contributed by atoms with Crippen molar-refractivity contribution in [2.24, 2.45) is 0 Å². The predicted octanol–water partition coefficient (Wildman–Crippen LogP) is 12.2. The number of benzene rings is 7. The molecule has 0 bridgehead atoms. The average Bonchev–Trinajstić information content (AvgIpc) is 3.23. The van der Waals surface area contributed by atoms with Crippen LogP contribution >= 0.6 is 0 Å². The number of fused-ring (bicyclic) bond motifs is 5. The van der Waals surface area contributed by atoms with E-state index in [2.05, 4.69) is 158 Å². The Hall–Kier alpha value is -7.04. The van der Waals surface area contributed by atoms with Gasteiger partial charge in [0.2, 0.25) is 0 Å². The van der Waals surface area contributed by atoms with Gasteiger partial charge in [-0.1, -0.05) is 146 Å². The summed E-state index contributed by atoms with van der Waals surface area (Å²) < 4.78 is 0. The quantitative estimate of drug-likeness (QED) is 0.172. The molecular formula is C48H30N4. The molecule has 0 saturated heterocycles. The lowest BCUT2D eigenvalue weighted by Crippen LogP contribution is -1.93. The van der Waals surface area contributed by atoms with Gasteiger partial charge >= 0.3 is 0 Å². The average molecular weight is 663 g/mol. The van der Waals surface area contributed by atoms with E-state index in [1.807, 2.05) is 24.5 Å². The van der Waals surface area contributed by atoms with Crippen LogP contribution in [0.5, 0.6) is 0 Å². The van der Waals surface area contributed by atoms with Crippen LogP contribution in [0.4, 0.5) is 0 Å². The number of hydrogen-bond acceptors (Lipinski definition) is 4. The summed E-state index contributed by atoms with van der Waals surface area (Å²) in [7, 11) is 0. The summed E-state index contributed by atoms with van der Waals surface area (Å²) >= 11 is 0. The number of aromatic nitrogens is 4. The zero-order chi connectivity index (χ0) is 34.4. The second-order valence-electron chi connectivity index (χ2n) is 13.1. The summed E-state index contributed by atoms with van der Waals surface area (Å²) in [6.07, 6.45) is 3.81. The third-order valence-corrected chi connectivity index (χ3v) is 9.95. The fraction of sp³-hybridized carbons (Fsp3) is 0. The third-order valence-electron chi connectivity index (χ3n) is 9.95. The maximum Gasteiger partial charge on any atom is 0.159 e. The van der Waals surface area contributed by atoms with E-state index in [0.29, 0.717) is 5.82 Å². The van der Waals surface area contributed by atoms with Crippen LogP contribution < -0.4 is 0 Å². The summed E-state index contributed by atoms with van der Waals surface area (Å²) in [5, 5.41) is 7.02. The van der Waals surface area contributed by atoms with Crippen LogP contribution in [0.25, 0.3) is 99.5 Å². The lowest BCUT2D eigenvalue weighted by atomic mass is 9.97. The van der Waals surface area contributed by atoms with Gasteiger partial charge in [0, 0.05) is 45.4 Å². The Morgan fingerprint density at radius 1 is 0.308 bits per heavy atom. The van der Waals surface area contributed by atoms with E-state index in [-0.39, 0.29) is 0 Å². The maximum atomic E-state index is 5.20. The Labute approximate surface area is 300 Å². The molecule has 52 heavy (non-hydrogen) atoms. The molecule has 4 nitrogen and oxygen atoms in total. The van der Waals surface area contributed by atoms with Gasteiger partial charge in [-0.25, -0.2) is 19.9 Å². The molecule has 0 aliphatic heterocycles. The van der Waals surface area contributed by atoms with Crippen molar-refractivity contribution >= 4 is 43.4 Å². The highest BCUT2D eigenvalue weighted by atomic mass is 14.9. The first kappa shape index (κ1) is 29.8. The predicted molar refractivity (Wildman–Crippen MR) is 215 cm³/mol. The van der Waals surface area contributed by atoms with Crippen LogP contribution in [0, 0.1) is 0 Å². The van der Waals surface area contributed by atoms with Gasteiger partial charge in [-0.15, -0.1) is 0 Å². The Kier molecular flexibility index (Phi) is 7.10. The molecule has 0 aliphatic rings. The molecule has 7 aromatic carbocycles. The van der Waals surface area contributed by atoms with Gasteiger partial charge in [0.05, 0.1) is 22.4 Å². The van der Waals surface area contributed by atoms with Crippen molar-refractivity contribution < 1.29 is 0 Å². The van der Waals surface area contributed by atoms with Crippen molar-refractivity contribution in [2.45, 2.75) is 0 Å². The van der Waals surface area contributed by atoms with Gasteiger partial charge in [0.25, 0.3) is 0 Å². The monoisotopic (exact) mass is 662 g/mol. The summed E-state index contributed by atoms with van der Waals surface area (Å²) in [5.74, 6) is 0.676. The minimum absolute atomic E-state index is 0.676. The number of pyridine rings is 2. The van der Waals surface area contributed by atoms with Crippen LogP contribution in [0.2, 0.25) is 0 Å². The van der Waals surface area contributed by atoms with Crippen molar-refractivity contribution in [2.75, 3.05) is 0 Å². The lowest BCUT2D eigenvalue weighted by molar-refractivity contribution is 1.18. The number of nitrogens with zero attached hydrogens (tertiary/aromatic N) is 4. The Bertz CT molecular complexity index is 2940. The largest absolute Gasteiger partial charge is 0.245 e. The fourth-order valence-corrected chi connectivity index (χ4v) is 7.20. The van der Waals surface area contributed by atoms with Crippen molar-refractivity contribution in [3.63, 3.8) is 0 Å². The maximum absolute atomic E-state index is 5.20. The molecule has 3 heterocycles. The van der Waals surface area contributed by atoms with Gasteiger partial charge in [0.1, 0.15) is 0 Å². The summed E-state index contributed by atoms with van der Waals surface area (Å²) in [6, 6.07) is 59.5. The van der Waals surface area contributed by atoms with E-state index in [9.17, 15) is 0 Å². The van der Waals surface area contributed by atoms with E-state index in [1.54, 1.807) is 0 Å². The molecule has 4 heteroatoms. The molecule has 0 amide bonds. The van der Waals surface area contributed by atoms with Crippen molar-refractivity contribution in [3.8, 4) is 56.2 Å². The zero-order valence-electron chi connectivity index (χ0n) is 28.1. The first-order chi connectivity index (χ1) is 25.7. The molecule has 242 valence electrons. The lowest BCUT2D eigenvalue weighted by Gasteiger charge is -2.10. The van der Waals surface area contributed by atoms with Gasteiger partial charge in [-0.2, -0.15) is 0 Å². The molecule has 0 aliphatic carbocycles. The topological polar surface area (TPSA) is 51.6 Å². The second-order valence-corrected chi connectivity index (χ2v) is 13.1. The molecule has 0 atom stereocenters. The highest BCUT2D eigenvalue weighted by Crippen LogP contribution is 2.33. The summed E-state index contributed by atoms with van der Waals surface area (Å²) in [5.41, 5.74) is 11.1. The normalized spacial score (nSPS) is 11.5.